The fourth-order valence-electron chi connectivity index (χ4n) is 3.42. The van der Waals surface area contributed by atoms with Gasteiger partial charge < -0.3 is 19.9 Å². The van der Waals surface area contributed by atoms with E-state index in [2.05, 4.69) is 5.32 Å². The van der Waals surface area contributed by atoms with Crippen LogP contribution in [0.25, 0.3) is 0 Å². The molecule has 2 aliphatic heterocycles. The fraction of sp³-hybridized carbons (Fsp3) is 0.579. The Balaban J connectivity index is 1.64. The quantitative estimate of drug-likeness (QED) is 0.818. The number of amides is 2. The summed E-state index contributed by atoms with van der Waals surface area (Å²) in [5.74, 6) is -0.00107. The molecule has 2 aliphatic rings. The second kappa shape index (κ2) is 9.35. The van der Waals surface area contributed by atoms with E-state index in [1.807, 2.05) is 4.90 Å². The topological polar surface area (TPSA) is 61.9 Å². The van der Waals surface area contributed by atoms with Gasteiger partial charge in [0.05, 0.1) is 6.10 Å². The van der Waals surface area contributed by atoms with E-state index in [1.165, 1.54) is 0 Å². The number of hydrogen-bond donors (Lipinski definition) is 1. The van der Waals surface area contributed by atoms with E-state index in [9.17, 15) is 9.59 Å². The molecule has 2 heterocycles. The molecule has 1 aromatic rings. The van der Waals surface area contributed by atoms with Gasteiger partial charge in [-0.25, -0.2) is 0 Å². The van der Waals surface area contributed by atoms with Crippen molar-refractivity contribution in [2.45, 2.75) is 25.4 Å². The molecular formula is C19H26ClN3O3. The number of hydrogen-bond acceptors (Lipinski definition) is 4. The zero-order valence-electron chi connectivity index (χ0n) is 15.0. The maximum absolute atomic E-state index is 13.0. The number of halogens is 1. The normalized spacial score (nSPS) is 20.2. The molecule has 0 bridgehead atoms. The largest absolute Gasteiger partial charge is 0.376 e. The lowest BCUT2D eigenvalue weighted by Crippen LogP contribution is -2.47. The van der Waals surface area contributed by atoms with Gasteiger partial charge in [-0.2, -0.15) is 0 Å². The molecule has 26 heavy (non-hydrogen) atoms. The van der Waals surface area contributed by atoms with Crippen molar-refractivity contribution in [3.63, 3.8) is 0 Å². The third kappa shape index (κ3) is 5.19. The van der Waals surface area contributed by atoms with Crippen LogP contribution in [0.15, 0.2) is 24.3 Å². The lowest BCUT2D eigenvalue weighted by Gasteiger charge is -2.30. The molecule has 0 radical (unpaired) electrons. The Labute approximate surface area is 159 Å². The molecule has 0 saturated carbocycles. The predicted octanol–water partition coefficient (Wildman–Crippen LogP) is 1.78. The second-order valence-corrected chi connectivity index (χ2v) is 7.21. The summed E-state index contributed by atoms with van der Waals surface area (Å²) in [6.45, 7) is 4.76. The minimum atomic E-state index is -0.101. The number of ether oxygens (including phenoxy) is 1. The standard InChI is InChI=1S/C19H26ClN3O3/c20-16-4-1-3-15(13-16)19(25)23(14-17-5-2-12-26-17)9-6-18(24)22-10-7-21-8-11-22/h1,3-4,13,17,21H,2,5-12,14H2. The number of nitrogens with zero attached hydrogens (tertiary/aromatic N) is 2. The van der Waals surface area contributed by atoms with E-state index in [-0.39, 0.29) is 17.9 Å². The highest BCUT2D eigenvalue weighted by molar-refractivity contribution is 6.30. The minimum Gasteiger partial charge on any atom is -0.376 e. The highest BCUT2D eigenvalue weighted by Gasteiger charge is 2.25. The molecule has 1 aromatic carbocycles. The molecule has 0 aliphatic carbocycles. The Morgan fingerprint density at radius 2 is 2.12 bits per heavy atom. The summed E-state index contributed by atoms with van der Waals surface area (Å²) in [6, 6.07) is 6.95. The molecule has 142 valence electrons. The van der Waals surface area contributed by atoms with Gasteiger partial charge in [0.15, 0.2) is 0 Å². The number of piperazine rings is 1. The Hall–Kier alpha value is -1.63. The molecule has 7 heteroatoms. The molecule has 3 rings (SSSR count). The Kier molecular flexibility index (Phi) is 6.88. The van der Waals surface area contributed by atoms with E-state index in [0.29, 0.717) is 30.1 Å². The van der Waals surface area contributed by atoms with E-state index < -0.39 is 0 Å². The molecule has 2 fully saturated rings. The van der Waals surface area contributed by atoms with E-state index >= 15 is 0 Å². The highest BCUT2D eigenvalue weighted by atomic mass is 35.5. The fourth-order valence-corrected chi connectivity index (χ4v) is 3.61. The first-order chi connectivity index (χ1) is 12.6. The van der Waals surface area contributed by atoms with Crippen molar-refractivity contribution in [2.75, 3.05) is 45.9 Å². The average Bonchev–Trinajstić information content (AvgIpc) is 3.18. The van der Waals surface area contributed by atoms with Gasteiger partial charge in [-0.15, -0.1) is 0 Å². The van der Waals surface area contributed by atoms with E-state index in [1.54, 1.807) is 29.2 Å². The van der Waals surface area contributed by atoms with Crippen molar-refractivity contribution < 1.29 is 14.3 Å². The van der Waals surface area contributed by atoms with Crippen molar-refractivity contribution >= 4 is 23.4 Å². The van der Waals surface area contributed by atoms with Crippen LogP contribution in [0.1, 0.15) is 29.6 Å². The van der Waals surface area contributed by atoms with Crippen LogP contribution in [-0.2, 0) is 9.53 Å². The van der Waals surface area contributed by atoms with Crippen LogP contribution in [0, 0.1) is 0 Å². The van der Waals surface area contributed by atoms with Gasteiger partial charge in [-0.05, 0) is 31.0 Å². The summed E-state index contributed by atoms with van der Waals surface area (Å²) in [4.78, 5) is 29.0. The third-order valence-corrected chi connectivity index (χ3v) is 5.11. The van der Waals surface area contributed by atoms with Crippen molar-refractivity contribution in [3.8, 4) is 0 Å². The van der Waals surface area contributed by atoms with Crippen LogP contribution >= 0.6 is 11.6 Å². The zero-order chi connectivity index (χ0) is 18.4. The van der Waals surface area contributed by atoms with Gasteiger partial charge in [0, 0.05) is 62.9 Å². The Morgan fingerprint density at radius 1 is 1.31 bits per heavy atom. The molecule has 1 unspecified atom stereocenters. The highest BCUT2D eigenvalue weighted by Crippen LogP contribution is 2.17. The summed E-state index contributed by atoms with van der Waals surface area (Å²) in [7, 11) is 0. The van der Waals surface area contributed by atoms with Crippen LogP contribution in [0.3, 0.4) is 0 Å². The summed E-state index contributed by atoms with van der Waals surface area (Å²) in [6.07, 6.45) is 2.35. The van der Waals surface area contributed by atoms with Crippen LogP contribution < -0.4 is 5.32 Å². The van der Waals surface area contributed by atoms with E-state index in [4.69, 9.17) is 16.3 Å². The van der Waals surface area contributed by atoms with Gasteiger partial charge >= 0.3 is 0 Å². The molecule has 0 spiro atoms. The third-order valence-electron chi connectivity index (χ3n) is 4.87. The minimum absolute atomic E-state index is 0.0485. The molecule has 6 nitrogen and oxygen atoms in total. The number of carbonyl (C=O) groups excluding carboxylic acids is 2. The SMILES string of the molecule is O=C(CCN(CC1CCCO1)C(=O)c1cccc(Cl)c1)N1CCNCC1. The number of rotatable bonds is 6. The van der Waals surface area contributed by atoms with Crippen LogP contribution in [-0.4, -0.2) is 73.6 Å². The molecule has 2 amide bonds. The summed E-state index contributed by atoms with van der Waals surface area (Å²) in [5, 5.41) is 3.77. The maximum Gasteiger partial charge on any atom is 0.254 e. The molecule has 2 saturated heterocycles. The second-order valence-electron chi connectivity index (χ2n) is 6.78. The zero-order valence-corrected chi connectivity index (χ0v) is 15.7. The lowest BCUT2D eigenvalue weighted by atomic mass is 10.1. The summed E-state index contributed by atoms with van der Waals surface area (Å²) in [5.41, 5.74) is 0.546. The summed E-state index contributed by atoms with van der Waals surface area (Å²) < 4.78 is 5.69. The average molecular weight is 380 g/mol. The van der Waals surface area contributed by atoms with Crippen molar-refractivity contribution in [2.24, 2.45) is 0 Å². The van der Waals surface area contributed by atoms with E-state index in [0.717, 1.165) is 45.6 Å². The maximum atomic E-state index is 13.0. The van der Waals surface area contributed by atoms with Gasteiger partial charge in [-0.3, -0.25) is 9.59 Å². The smallest absolute Gasteiger partial charge is 0.254 e. The number of nitrogens with one attached hydrogen (secondary N) is 1. The number of benzene rings is 1. The monoisotopic (exact) mass is 379 g/mol. The molecule has 0 aromatic heterocycles. The van der Waals surface area contributed by atoms with Crippen LogP contribution in [0.4, 0.5) is 0 Å². The van der Waals surface area contributed by atoms with Crippen molar-refractivity contribution in [1.82, 2.24) is 15.1 Å². The number of carbonyl (C=O) groups is 2. The van der Waals surface area contributed by atoms with Gasteiger partial charge in [0.1, 0.15) is 0 Å². The molecular weight excluding hydrogens is 354 g/mol. The molecule has 1 atom stereocenters. The van der Waals surface area contributed by atoms with Gasteiger partial charge in [-0.1, -0.05) is 17.7 Å². The van der Waals surface area contributed by atoms with Crippen LogP contribution in [0.5, 0.6) is 0 Å². The predicted molar refractivity (Wildman–Crippen MR) is 100 cm³/mol. The first kappa shape index (κ1) is 19.1. The van der Waals surface area contributed by atoms with Crippen molar-refractivity contribution in [1.29, 1.82) is 0 Å². The molecule has 1 N–H and O–H groups in total. The lowest BCUT2D eigenvalue weighted by molar-refractivity contribution is -0.132. The Morgan fingerprint density at radius 3 is 2.81 bits per heavy atom. The van der Waals surface area contributed by atoms with Crippen LogP contribution in [0.2, 0.25) is 5.02 Å². The van der Waals surface area contributed by atoms with Gasteiger partial charge in [0.25, 0.3) is 5.91 Å². The summed E-state index contributed by atoms with van der Waals surface area (Å²) >= 11 is 6.03. The van der Waals surface area contributed by atoms with Gasteiger partial charge in [0.2, 0.25) is 5.91 Å². The van der Waals surface area contributed by atoms with Crippen molar-refractivity contribution in [3.05, 3.63) is 34.9 Å². The Bertz CT molecular complexity index is 628. The first-order valence-corrected chi connectivity index (χ1v) is 9.66. The first-order valence-electron chi connectivity index (χ1n) is 9.28.